The number of likely N-dealkylation sites (tertiary alicyclic amines) is 1. The average Bonchev–Trinajstić information content (AvgIpc) is 3.31. The molecule has 1 aliphatic rings. The minimum atomic E-state index is -4.70. The number of nitrogens with two attached hydrogens (primary N) is 2. The molecule has 4 rings (SSSR count). The summed E-state index contributed by atoms with van der Waals surface area (Å²) in [7, 11) is 1.01. The number of allylic oxidation sites excluding steroid dienone is 1. The Labute approximate surface area is 230 Å². The largest absolute Gasteiger partial charge is 0.432 e. The molecule has 1 aliphatic heterocycles. The number of hydrogen-bond acceptors (Lipinski definition) is 7. The van der Waals surface area contributed by atoms with E-state index >= 15 is 0 Å². The molecule has 1 unspecified atom stereocenters. The number of carbonyl (C=O) groups excluding carboxylic acids is 1. The van der Waals surface area contributed by atoms with E-state index in [1.807, 2.05) is 16.2 Å². The number of imidazole rings is 1. The van der Waals surface area contributed by atoms with Crippen LogP contribution < -0.4 is 11.5 Å². The van der Waals surface area contributed by atoms with E-state index in [0.717, 1.165) is 25.7 Å². The number of carbonyl (C=O) groups is 1. The Hall–Kier alpha value is -3.93. The van der Waals surface area contributed by atoms with Crippen molar-refractivity contribution in [3.05, 3.63) is 59.8 Å². The van der Waals surface area contributed by atoms with E-state index in [1.54, 1.807) is 36.7 Å². The monoisotopic (exact) mass is 557 g/mol. The fraction of sp³-hybridized carbons (Fsp3) is 0.429. The number of alkyl halides is 3. The molecule has 0 bridgehead atoms. The number of hydrogen-bond donors (Lipinski definition) is 3. The number of nitrogens with zero attached hydrogens (tertiary/aromatic N) is 5. The first-order chi connectivity index (χ1) is 18.8. The first-order valence-electron chi connectivity index (χ1n) is 13.1. The maximum absolute atomic E-state index is 13.2. The molecule has 1 saturated heterocycles. The third-order valence-electron chi connectivity index (χ3n) is 7.59. The predicted molar refractivity (Wildman–Crippen MR) is 148 cm³/mol. The van der Waals surface area contributed by atoms with Gasteiger partial charge in [-0.25, -0.2) is 9.97 Å². The van der Waals surface area contributed by atoms with Crippen molar-refractivity contribution in [1.29, 1.82) is 0 Å². The quantitative estimate of drug-likeness (QED) is 0.390. The van der Waals surface area contributed by atoms with Crippen LogP contribution in [0.15, 0.2) is 53.4 Å². The Morgan fingerprint density at radius 3 is 2.52 bits per heavy atom. The second-order valence-corrected chi connectivity index (χ2v) is 10.2. The minimum absolute atomic E-state index is 0.0113. The molecule has 9 nitrogen and oxygen atoms in total. The predicted octanol–water partition coefficient (Wildman–Crippen LogP) is 4.17. The summed E-state index contributed by atoms with van der Waals surface area (Å²) < 4.78 is 41.4. The van der Waals surface area contributed by atoms with E-state index in [-0.39, 0.29) is 29.2 Å². The number of aromatic nitrogens is 3. The van der Waals surface area contributed by atoms with Crippen molar-refractivity contribution in [3.8, 4) is 11.3 Å². The SMILES string of the molecule is CCC(=O)N1C[C@H](c2nc(-c3ccc(C(C)(O)C(N)=CC(=NC)C(F)(F)F)cc3)c3c(N)nccn23)CC[C@H]1C. The summed E-state index contributed by atoms with van der Waals surface area (Å²) in [5.74, 6) is 1.14. The van der Waals surface area contributed by atoms with Crippen molar-refractivity contribution in [2.75, 3.05) is 19.3 Å². The summed E-state index contributed by atoms with van der Waals surface area (Å²) in [6.07, 6.45) is 1.45. The van der Waals surface area contributed by atoms with Crippen molar-refractivity contribution < 1.29 is 23.1 Å². The van der Waals surface area contributed by atoms with Gasteiger partial charge in [0.15, 0.2) is 0 Å². The van der Waals surface area contributed by atoms with Crippen molar-refractivity contribution in [3.63, 3.8) is 0 Å². The van der Waals surface area contributed by atoms with Gasteiger partial charge in [0.05, 0.1) is 0 Å². The molecule has 214 valence electrons. The molecule has 40 heavy (non-hydrogen) atoms. The van der Waals surface area contributed by atoms with E-state index in [2.05, 4.69) is 16.9 Å². The summed E-state index contributed by atoms with van der Waals surface area (Å²) in [5.41, 5.74) is 10.8. The van der Waals surface area contributed by atoms with E-state index in [4.69, 9.17) is 16.5 Å². The number of anilines is 1. The lowest BCUT2D eigenvalue weighted by atomic mass is 9.90. The zero-order chi connectivity index (χ0) is 29.4. The van der Waals surface area contributed by atoms with Gasteiger partial charge in [-0.1, -0.05) is 31.2 Å². The van der Waals surface area contributed by atoms with Crippen LogP contribution in [0.2, 0.25) is 0 Å². The first kappa shape index (κ1) is 29.1. The molecule has 0 saturated carbocycles. The Bertz CT molecular complexity index is 1460. The summed E-state index contributed by atoms with van der Waals surface area (Å²) >= 11 is 0. The first-order valence-corrected chi connectivity index (χ1v) is 13.1. The Morgan fingerprint density at radius 2 is 1.93 bits per heavy atom. The van der Waals surface area contributed by atoms with Crippen molar-refractivity contribution in [1.82, 2.24) is 19.3 Å². The van der Waals surface area contributed by atoms with Crippen molar-refractivity contribution >= 4 is 23.0 Å². The standard InChI is InChI=1S/C28H34F3N7O2/c1-5-22(39)38-15-18(7-6-16(38)2)26-36-23(24-25(33)35-12-13-37(24)26)17-8-10-19(11-9-17)27(3,40)20(32)14-21(34-4)28(29,30)31/h8-14,16,18,40H,5-7,15,32H2,1-4H3,(H2,33,35)/t16-,18-,27?/m1/s1. The van der Waals surface area contributed by atoms with Gasteiger partial charge >= 0.3 is 6.18 Å². The van der Waals surface area contributed by atoms with Crippen LogP contribution in [-0.2, 0) is 10.4 Å². The summed E-state index contributed by atoms with van der Waals surface area (Å²) in [4.78, 5) is 26.9. The third kappa shape index (κ3) is 5.40. The van der Waals surface area contributed by atoms with Gasteiger partial charge in [-0.2, -0.15) is 13.2 Å². The second kappa shape index (κ2) is 10.9. The van der Waals surface area contributed by atoms with Crippen LogP contribution in [0.3, 0.4) is 0 Å². The average molecular weight is 558 g/mol. The molecule has 1 fully saturated rings. The smallest absolute Gasteiger partial charge is 0.399 e. The van der Waals surface area contributed by atoms with Crippen LogP contribution in [-0.4, -0.2) is 61.8 Å². The topological polar surface area (TPSA) is 135 Å². The van der Waals surface area contributed by atoms with Crippen molar-refractivity contribution in [2.24, 2.45) is 10.7 Å². The van der Waals surface area contributed by atoms with Gasteiger partial charge in [0.25, 0.3) is 0 Å². The lowest BCUT2D eigenvalue weighted by molar-refractivity contribution is -0.134. The van der Waals surface area contributed by atoms with Crippen LogP contribution in [0.4, 0.5) is 19.0 Å². The molecule has 1 amide bonds. The number of fused-ring (bicyclic) bond motifs is 1. The molecular weight excluding hydrogens is 523 g/mol. The molecule has 12 heteroatoms. The van der Waals surface area contributed by atoms with Gasteiger partial charge in [-0.05, 0) is 38.3 Å². The molecule has 0 radical (unpaired) electrons. The second-order valence-electron chi connectivity index (χ2n) is 10.2. The van der Waals surface area contributed by atoms with Gasteiger partial charge in [-0.3, -0.25) is 14.2 Å². The number of nitrogen functional groups attached to an aromatic ring is 1. The molecule has 1 aromatic carbocycles. The van der Waals surface area contributed by atoms with Gasteiger partial charge in [-0.15, -0.1) is 0 Å². The zero-order valence-electron chi connectivity index (χ0n) is 22.9. The highest BCUT2D eigenvalue weighted by Crippen LogP contribution is 2.36. The number of aliphatic hydroxyl groups is 1. The van der Waals surface area contributed by atoms with Crippen LogP contribution in [0.25, 0.3) is 16.8 Å². The van der Waals surface area contributed by atoms with Crippen LogP contribution >= 0.6 is 0 Å². The van der Waals surface area contributed by atoms with Gasteiger partial charge in [0.1, 0.15) is 34.2 Å². The summed E-state index contributed by atoms with van der Waals surface area (Å²) in [6.45, 7) is 5.77. The van der Waals surface area contributed by atoms with E-state index in [9.17, 15) is 23.1 Å². The highest BCUT2D eigenvalue weighted by atomic mass is 19.4. The molecular formula is C28H34F3N7O2. The zero-order valence-corrected chi connectivity index (χ0v) is 22.9. The van der Waals surface area contributed by atoms with Crippen LogP contribution in [0.1, 0.15) is 57.3 Å². The normalized spacial score (nSPS) is 20.6. The van der Waals surface area contributed by atoms with Crippen molar-refractivity contribution in [2.45, 2.75) is 63.8 Å². The van der Waals surface area contributed by atoms with Crippen LogP contribution in [0.5, 0.6) is 0 Å². The molecule has 5 N–H and O–H groups in total. The minimum Gasteiger partial charge on any atom is -0.399 e. The lowest BCUT2D eigenvalue weighted by Crippen LogP contribution is -2.44. The molecule has 3 aromatic rings. The lowest BCUT2D eigenvalue weighted by Gasteiger charge is -2.37. The molecule has 2 aromatic heterocycles. The summed E-state index contributed by atoms with van der Waals surface area (Å²) in [5, 5.41) is 11.0. The Kier molecular flexibility index (Phi) is 7.93. The van der Waals surface area contributed by atoms with Gasteiger partial charge < -0.3 is 21.5 Å². The summed E-state index contributed by atoms with van der Waals surface area (Å²) in [6, 6.07) is 6.70. The molecule has 3 atom stereocenters. The maximum atomic E-state index is 13.2. The maximum Gasteiger partial charge on any atom is 0.432 e. The Morgan fingerprint density at radius 1 is 1.25 bits per heavy atom. The number of benzene rings is 1. The van der Waals surface area contributed by atoms with E-state index < -0.39 is 23.2 Å². The molecule has 0 aliphatic carbocycles. The van der Waals surface area contributed by atoms with Gasteiger partial charge in [0.2, 0.25) is 5.91 Å². The molecule has 0 spiro atoms. The van der Waals surface area contributed by atoms with E-state index in [1.165, 1.54) is 6.92 Å². The number of halogens is 3. The third-order valence-corrected chi connectivity index (χ3v) is 7.59. The number of amides is 1. The number of piperidine rings is 1. The molecule has 3 heterocycles. The number of rotatable bonds is 6. The van der Waals surface area contributed by atoms with E-state index in [0.29, 0.717) is 35.8 Å². The Balaban J connectivity index is 1.72. The fourth-order valence-electron chi connectivity index (χ4n) is 5.12. The van der Waals surface area contributed by atoms with Crippen LogP contribution in [0, 0.1) is 0 Å². The number of aliphatic imine (C=N–C) groups is 1. The highest BCUT2D eigenvalue weighted by Gasteiger charge is 2.36. The highest BCUT2D eigenvalue weighted by molar-refractivity contribution is 6.00. The van der Waals surface area contributed by atoms with Gasteiger partial charge in [0, 0.05) is 55.6 Å². The fourth-order valence-corrected chi connectivity index (χ4v) is 5.12.